The molecule has 0 atom stereocenters. The molecule has 0 saturated carbocycles. The zero-order valence-electron chi connectivity index (χ0n) is 19.1. The first-order valence-electron chi connectivity index (χ1n) is 11.2. The Morgan fingerprint density at radius 2 is 2.06 bits per heavy atom. The molecule has 0 amide bonds. The fourth-order valence-electron chi connectivity index (χ4n) is 3.74. The fraction of sp³-hybridized carbons (Fsp3) is 0.571. The predicted molar refractivity (Wildman–Crippen MR) is 121 cm³/mol. The largest absolute Gasteiger partial charge is 0.411 e. The van der Waals surface area contributed by atoms with Crippen LogP contribution in [0.4, 0.5) is 30.8 Å². The molecule has 13 heteroatoms. The van der Waals surface area contributed by atoms with Crippen LogP contribution in [0.1, 0.15) is 31.9 Å². The van der Waals surface area contributed by atoms with E-state index in [2.05, 4.69) is 30.6 Å². The van der Waals surface area contributed by atoms with E-state index in [1.807, 2.05) is 13.8 Å². The van der Waals surface area contributed by atoms with Gasteiger partial charge in [0.2, 0.25) is 5.95 Å². The minimum Gasteiger partial charge on any atom is -0.370 e. The molecule has 0 spiro atoms. The van der Waals surface area contributed by atoms with Crippen LogP contribution in [0.2, 0.25) is 0 Å². The maximum absolute atomic E-state index is 12.5. The molecule has 10 nitrogen and oxygen atoms in total. The summed E-state index contributed by atoms with van der Waals surface area (Å²) in [5.74, 6) is 1.62. The average Bonchev–Trinajstić information content (AvgIpc) is 2.96. The molecule has 0 aliphatic carbocycles. The Bertz CT molecular complexity index is 1080. The van der Waals surface area contributed by atoms with Crippen LogP contribution < -0.4 is 15.5 Å². The van der Waals surface area contributed by atoms with E-state index in [-0.39, 0.29) is 19.1 Å². The average molecular weight is 480 g/mol. The van der Waals surface area contributed by atoms with Gasteiger partial charge in [0.15, 0.2) is 5.82 Å². The summed E-state index contributed by atoms with van der Waals surface area (Å²) in [6.07, 6.45) is -0.390. The lowest BCUT2D eigenvalue weighted by molar-refractivity contribution is -0.174. The van der Waals surface area contributed by atoms with E-state index in [9.17, 15) is 13.2 Å². The van der Waals surface area contributed by atoms with Gasteiger partial charge in [-0.15, -0.1) is 0 Å². The summed E-state index contributed by atoms with van der Waals surface area (Å²) in [4.78, 5) is 19.9. The number of alkyl halides is 3. The summed E-state index contributed by atoms with van der Waals surface area (Å²) >= 11 is 0. The number of aromatic nitrogens is 6. The molecule has 34 heavy (non-hydrogen) atoms. The summed E-state index contributed by atoms with van der Waals surface area (Å²) < 4.78 is 43.9. The monoisotopic (exact) mass is 479 g/mol. The standard InChI is InChI=1S/C21H28F3N9O/c1-14(2)16-17-18(33(31-16)10-11-34-12-21(22,23)24)19(28-15-4-6-26-13-27-15)30-20(29-17)32-8-3-5-25-7-9-32/h4,6,13-14,25H,3,5,7-12H2,1-2H3,(H,26,27,28,29,30). The van der Waals surface area contributed by atoms with E-state index in [4.69, 9.17) is 14.7 Å². The Morgan fingerprint density at radius 1 is 1.21 bits per heavy atom. The van der Waals surface area contributed by atoms with Crippen molar-refractivity contribution in [3.63, 3.8) is 0 Å². The van der Waals surface area contributed by atoms with Gasteiger partial charge in [-0.1, -0.05) is 13.8 Å². The molecule has 0 unspecified atom stereocenters. The fourth-order valence-corrected chi connectivity index (χ4v) is 3.74. The van der Waals surface area contributed by atoms with Crippen molar-refractivity contribution >= 4 is 28.6 Å². The predicted octanol–water partition coefficient (Wildman–Crippen LogP) is 2.86. The van der Waals surface area contributed by atoms with Crippen LogP contribution >= 0.6 is 0 Å². The molecule has 1 aliphatic rings. The summed E-state index contributed by atoms with van der Waals surface area (Å²) in [5.41, 5.74) is 1.99. The highest BCUT2D eigenvalue weighted by Gasteiger charge is 2.28. The Kier molecular flexibility index (Phi) is 7.41. The van der Waals surface area contributed by atoms with E-state index in [0.29, 0.717) is 28.6 Å². The van der Waals surface area contributed by atoms with Crippen LogP contribution in [0.15, 0.2) is 18.6 Å². The lowest BCUT2D eigenvalue weighted by Crippen LogP contribution is -2.29. The van der Waals surface area contributed by atoms with Gasteiger partial charge in [0, 0.05) is 25.8 Å². The van der Waals surface area contributed by atoms with Gasteiger partial charge in [0.1, 0.15) is 29.8 Å². The third kappa shape index (κ3) is 5.89. The van der Waals surface area contributed by atoms with Crippen LogP contribution in [-0.2, 0) is 11.3 Å². The first kappa shape index (κ1) is 24.1. The number of halogens is 3. The molecule has 0 radical (unpaired) electrons. The third-order valence-electron chi connectivity index (χ3n) is 5.31. The lowest BCUT2D eigenvalue weighted by atomic mass is 10.1. The van der Waals surface area contributed by atoms with E-state index in [1.54, 1.807) is 16.9 Å². The van der Waals surface area contributed by atoms with Gasteiger partial charge in [-0.3, -0.25) is 4.68 Å². The van der Waals surface area contributed by atoms with Gasteiger partial charge in [-0.2, -0.15) is 23.3 Å². The Labute approximate surface area is 194 Å². The Hall–Kier alpha value is -3.06. The van der Waals surface area contributed by atoms with E-state index in [1.165, 1.54) is 6.33 Å². The van der Waals surface area contributed by atoms with Gasteiger partial charge < -0.3 is 20.3 Å². The Morgan fingerprint density at radius 3 is 2.79 bits per heavy atom. The second kappa shape index (κ2) is 10.5. The number of fused-ring (bicyclic) bond motifs is 1. The second-order valence-electron chi connectivity index (χ2n) is 8.31. The smallest absolute Gasteiger partial charge is 0.370 e. The summed E-state index contributed by atoms with van der Waals surface area (Å²) in [6, 6.07) is 1.71. The molecule has 3 aromatic heterocycles. The number of hydrogen-bond donors (Lipinski definition) is 2. The topological polar surface area (TPSA) is 106 Å². The van der Waals surface area contributed by atoms with Crippen molar-refractivity contribution in [2.75, 3.05) is 49.6 Å². The lowest BCUT2D eigenvalue weighted by Gasteiger charge is -2.21. The summed E-state index contributed by atoms with van der Waals surface area (Å²) in [5, 5.41) is 11.3. The molecular formula is C21H28F3N9O. The number of ether oxygens (including phenoxy) is 1. The highest BCUT2D eigenvalue weighted by Crippen LogP contribution is 2.31. The van der Waals surface area contributed by atoms with Crippen LogP contribution in [0, 0.1) is 0 Å². The highest BCUT2D eigenvalue weighted by atomic mass is 19.4. The molecule has 0 bridgehead atoms. The van der Waals surface area contributed by atoms with Gasteiger partial charge in [-0.05, 0) is 24.9 Å². The van der Waals surface area contributed by atoms with Gasteiger partial charge in [0.25, 0.3) is 0 Å². The number of hydrogen-bond acceptors (Lipinski definition) is 9. The quantitative estimate of drug-likeness (QED) is 0.472. The maximum Gasteiger partial charge on any atom is 0.411 e. The van der Waals surface area contributed by atoms with Gasteiger partial charge in [0.05, 0.1) is 18.8 Å². The van der Waals surface area contributed by atoms with Crippen molar-refractivity contribution in [2.45, 2.75) is 38.9 Å². The summed E-state index contributed by atoms with van der Waals surface area (Å²) in [6.45, 7) is 5.98. The van der Waals surface area contributed by atoms with Crippen LogP contribution in [0.5, 0.6) is 0 Å². The molecule has 1 saturated heterocycles. The van der Waals surface area contributed by atoms with Crippen molar-refractivity contribution < 1.29 is 17.9 Å². The first-order chi connectivity index (χ1) is 16.3. The minimum atomic E-state index is -4.38. The number of nitrogens with one attached hydrogen (secondary N) is 2. The first-order valence-corrected chi connectivity index (χ1v) is 11.2. The molecule has 0 aromatic carbocycles. The molecule has 1 fully saturated rings. The third-order valence-corrected chi connectivity index (χ3v) is 5.31. The number of anilines is 3. The SMILES string of the molecule is CC(C)c1nn(CCOCC(F)(F)F)c2c(Nc3ccncn3)nc(N3CCCNCC3)nc12. The second-order valence-corrected chi connectivity index (χ2v) is 8.31. The van der Waals surface area contributed by atoms with Crippen molar-refractivity contribution in [1.82, 2.24) is 35.0 Å². The van der Waals surface area contributed by atoms with Crippen molar-refractivity contribution in [3.8, 4) is 0 Å². The number of nitrogens with zero attached hydrogens (tertiary/aromatic N) is 7. The normalized spacial score (nSPS) is 15.2. The van der Waals surface area contributed by atoms with Crippen LogP contribution in [-0.4, -0.2) is 75.3 Å². The zero-order chi connectivity index (χ0) is 24.1. The molecule has 3 aromatic rings. The van der Waals surface area contributed by atoms with E-state index in [0.717, 1.165) is 38.3 Å². The van der Waals surface area contributed by atoms with Crippen LogP contribution in [0.25, 0.3) is 11.0 Å². The molecule has 4 rings (SSSR count). The molecule has 1 aliphatic heterocycles. The summed E-state index contributed by atoms with van der Waals surface area (Å²) in [7, 11) is 0. The molecular weight excluding hydrogens is 451 g/mol. The van der Waals surface area contributed by atoms with Crippen molar-refractivity contribution in [1.29, 1.82) is 0 Å². The van der Waals surface area contributed by atoms with Crippen LogP contribution in [0.3, 0.4) is 0 Å². The number of rotatable bonds is 8. The van der Waals surface area contributed by atoms with E-state index >= 15 is 0 Å². The Balaban J connectivity index is 1.75. The maximum atomic E-state index is 12.5. The van der Waals surface area contributed by atoms with Crippen molar-refractivity contribution in [2.24, 2.45) is 0 Å². The van der Waals surface area contributed by atoms with Crippen molar-refractivity contribution in [3.05, 3.63) is 24.3 Å². The van der Waals surface area contributed by atoms with Gasteiger partial charge >= 0.3 is 6.18 Å². The highest BCUT2D eigenvalue weighted by molar-refractivity contribution is 5.90. The molecule has 184 valence electrons. The van der Waals surface area contributed by atoms with E-state index < -0.39 is 12.8 Å². The minimum absolute atomic E-state index is 0.0419. The molecule has 4 heterocycles. The zero-order valence-corrected chi connectivity index (χ0v) is 19.1. The molecule has 2 N–H and O–H groups in total. The van der Waals surface area contributed by atoms with Gasteiger partial charge in [-0.25, -0.2) is 15.0 Å².